The Hall–Kier alpha value is -1.39. The molecule has 0 aliphatic rings. The van der Waals surface area contributed by atoms with Crippen molar-refractivity contribution in [2.24, 2.45) is 0 Å². The number of unbranched alkanes of at least 4 members (excludes halogenated alkanes) is 23. The number of carbonyl (C=O) groups excluding carboxylic acids is 1. The lowest BCUT2D eigenvalue weighted by Gasteiger charge is -2.15. The maximum Gasteiger partial charge on any atom is 0.306 e. The number of hydrogen-bond donors (Lipinski definition) is 1. The van der Waals surface area contributed by atoms with Gasteiger partial charge in [-0.25, -0.2) is 0 Å². The third-order valence-corrected chi connectivity index (χ3v) is 8.69. The van der Waals surface area contributed by atoms with E-state index in [1.54, 1.807) is 0 Å². The highest BCUT2D eigenvalue weighted by atomic mass is 16.6. The summed E-state index contributed by atoms with van der Waals surface area (Å²) in [5, 5.41) is 9.57. The molecule has 0 aromatic heterocycles. The van der Waals surface area contributed by atoms with Crippen LogP contribution in [0.15, 0.2) is 36.5 Å². The van der Waals surface area contributed by atoms with Gasteiger partial charge in [0.25, 0.3) is 0 Å². The second kappa shape index (κ2) is 39.8. The summed E-state index contributed by atoms with van der Waals surface area (Å²) in [6.07, 6.45) is 49.0. The third-order valence-electron chi connectivity index (χ3n) is 8.69. The highest BCUT2D eigenvalue weighted by Gasteiger charge is 2.13. The van der Waals surface area contributed by atoms with Gasteiger partial charge in [0.05, 0.1) is 13.2 Å². The van der Waals surface area contributed by atoms with Crippen LogP contribution in [0.3, 0.4) is 0 Å². The van der Waals surface area contributed by atoms with Crippen molar-refractivity contribution in [3.63, 3.8) is 0 Å². The Labute approximate surface area is 287 Å². The molecule has 0 heterocycles. The van der Waals surface area contributed by atoms with Crippen molar-refractivity contribution in [2.75, 3.05) is 19.8 Å². The van der Waals surface area contributed by atoms with Gasteiger partial charge in [0, 0.05) is 13.0 Å². The van der Waals surface area contributed by atoms with Crippen LogP contribution < -0.4 is 0 Å². The van der Waals surface area contributed by atoms with Crippen LogP contribution in [0.2, 0.25) is 0 Å². The zero-order chi connectivity index (χ0) is 33.4. The molecule has 0 aromatic rings. The molecule has 1 N–H and O–H groups in total. The van der Waals surface area contributed by atoms with Crippen LogP contribution in [0.4, 0.5) is 0 Å². The third kappa shape index (κ3) is 37.1. The van der Waals surface area contributed by atoms with Crippen molar-refractivity contribution < 1.29 is 19.4 Å². The van der Waals surface area contributed by atoms with E-state index >= 15 is 0 Å². The molecule has 0 aliphatic carbocycles. The number of aliphatic hydroxyl groups is 1. The molecule has 0 amide bonds. The largest absolute Gasteiger partial charge is 0.457 e. The monoisotopic (exact) mass is 647 g/mol. The van der Waals surface area contributed by atoms with E-state index in [4.69, 9.17) is 9.47 Å². The van der Waals surface area contributed by atoms with Gasteiger partial charge in [-0.15, -0.1) is 0 Å². The fraction of sp³-hybridized carbons (Fsp3) is 0.833. The van der Waals surface area contributed by atoms with Crippen LogP contribution in [0.5, 0.6) is 0 Å². The lowest BCUT2D eigenvalue weighted by atomic mass is 10.1. The predicted molar refractivity (Wildman–Crippen MR) is 200 cm³/mol. The molecule has 0 radical (unpaired) electrons. The molecular weight excluding hydrogens is 568 g/mol. The fourth-order valence-electron chi connectivity index (χ4n) is 5.65. The lowest BCUT2D eigenvalue weighted by Crippen LogP contribution is -2.27. The van der Waals surface area contributed by atoms with E-state index in [0.717, 1.165) is 25.7 Å². The summed E-state index contributed by atoms with van der Waals surface area (Å²) >= 11 is 0. The zero-order valence-corrected chi connectivity index (χ0v) is 30.8. The highest BCUT2D eigenvalue weighted by Crippen LogP contribution is 2.13. The number of carbonyl (C=O) groups is 1. The second-order valence-corrected chi connectivity index (χ2v) is 13.3. The van der Waals surface area contributed by atoms with E-state index in [1.165, 1.54) is 154 Å². The van der Waals surface area contributed by atoms with Crippen molar-refractivity contribution in [3.05, 3.63) is 36.5 Å². The Balaban J connectivity index is 3.43. The predicted octanol–water partition coefficient (Wildman–Crippen LogP) is 12.9. The molecule has 46 heavy (non-hydrogen) atoms. The normalized spacial score (nSPS) is 12.7. The van der Waals surface area contributed by atoms with Gasteiger partial charge >= 0.3 is 5.97 Å². The molecule has 270 valence electrons. The molecule has 4 heteroatoms. The zero-order valence-electron chi connectivity index (χ0n) is 30.8. The number of ether oxygens (including phenoxy) is 2. The van der Waals surface area contributed by atoms with E-state index in [2.05, 4.69) is 50.3 Å². The van der Waals surface area contributed by atoms with Gasteiger partial charge in [0.1, 0.15) is 6.10 Å². The molecule has 1 unspecified atom stereocenters. The summed E-state index contributed by atoms with van der Waals surface area (Å²) in [5.74, 6) is -0.210. The van der Waals surface area contributed by atoms with Gasteiger partial charge in [0.15, 0.2) is 0 Å². The standard InChI is InChI=1S/C42H78O4/c1-3-5-7-9-11-13-15-17-19-20-21-22-23-24-26-28-30-32-34-36-38-45-40-41(39-43)46-42(44)37-35-33-31-29-27-25-18-16-14-12-10-8-6-4-2/h11,13,16-19,41,43H,3-10,12,14-15,20-40H2,1-2H3/b13-11-,18-16-,19-17-. The minimum absolute atomic E-state index is 0.175. The van der Waals surface area contributed by atoms with E-state index in [-0.39, 0.29) is 12.6 Å². The van der Waals surface area contributed by atoms with Crippen molar-refractivity contribution in [1.29, 1.82) is 0 Å². The Morgan fingerprint density at radius 3 is 1.41 bits per heavy atom. The molecule has 0 aliphatic heterocycles. The van der Waals surface area contributed by atoms with Crippen LogP contribution in [0, 0.1) is 0 Å². The molecule has 0 aromatic carbocycles. The second-order valence-electron chi connectivity index (χ2n) is 13.3. The van der Waals surface area contributed by atoms with Gasteiger partial charge in [-0.3, -0.25) is 4.79 Å². The molecule has 0 saturated carbocycles. The Morgan fingerprint density at radius 2 is 0.913 bits per heavy atom. The first-order chi connectivity index (χ1) is 22.7. The average molecular weight is 647 g/mol. The summed E-state index contributed by atoms with van der Waals surface area (Å²) in [4.78, 5) is 12.2. The van der Waals surface area contributed by atoms with Crippen molar-refractivity contribution in [3.8, 4) is 0 Å². The molecule has 1 atom stereocenters. The van der Waals surface area contributed by atoms with Gasteiger partial charge in [-0.2, -0.15) is 0 Å². The van der Waals surface area contributed by atoms with Crippen LogP contribution in [0.25, 0.3) is 0 Å². The van der Waals surface area contributed by atoms with Crippen molar-refractivity contribution >= 4 is 5.97 Å². The van der Waals surface area contributed by atoms with Gasteiger partial charge in [0.2, 0.25) is 0 Å². The molecule has 0 fully saturated rings. The lowest BCUT2D eigenvalue weighted by molar-refractivity contribution is -0.154. The summed E-state index contributed by atoms with van der Waals surface area (Å²) in [6.45, 7) is 5.31. The molecule has 4 nitrogen and oxygen atoms in total. The minimum atomic E-state index is -0.538. The highest BCUT2D eigenvalue weighted by molar-refractivity contribution is 5.69. The topological polar surface area (TPSA) is 55.8 Å². The first kappa shape index (κ1) is 44.6. The molecule has 0 rings (SSSR count). The first-order valence-electron chi connectivity index (χ1n) is 20.1. The van der Waals surface area contributed by atoms with Crippen molar-refractivity contribution in [2.45, 2.75) is 206 Å². The summed E-state index contributed by atoms with van der Waals surface area (Å²) in [6, 6.07) is 0. The Morgan fingerprint density at radius 1 is 0.522 bits per heavy atom. The minimum Gasteiger partial charge on any atom is -0.457 e. The molecule has 0 spiro atoms. The maximum absolute atomic E-state index is 12.2. The number of aliphatic hydroxyl groups excluding tert-OH is 1. The fourth-order valence-corrected chi connectivity index (χ4v) is 5.65. The maximum atomic E-state index is 12.2. The van der Waals surface area contributed by atoms with E-state index in [1.807, 2.05) is 0 Å². The first-order valence-corrected chi connectivity index (χ1v) is 20.1. The average Bonchev–Trinajstić information content (AvgIpc) is 3.06. The van der Waals surface area contributed by atoms with Crippen LogP contribution in [0.1, 0.15) is 200 Å². The molecule has 0 bridgehead atoms. The van der Waals surface area contributed by atoms with E-state index < -0.39 is 6.10 Å². The smallest absolute Gasteiger partial charge is 0.306 e. The quantitative estimate of drug-likeness (QED) is 0.0414. The van der Waals surface area contributed by atoms with Gasteiger partial charge in [-0.1, -0.05) is 159 Å². The van der Waals surface area contributed by atoms with Gasteiger partial charge in [-0.05, 0) is 70.6 Å². The number of allylic oxidation sites excluding steroid dienone is 6. The van der Waals surface area contributed by atoms with Crippen LogP contribution in [-0.2, 0) is 14.3 Å². The Kier molecular flexibility index (Phi) is 38.6. The van der Waals surface area contributed by atoms with E-state index in [9.17, 15) is 9.90 Å². The summed E-state index contributed by atoms with van der Waals surface area (Å²) in [5.41, 5.74) is 0. The Bertz CT molecular complexity index is 683. The molecule has 0 saturated heterocycles. The van der Waals surface area contributed by atoms with E-state index in [0.29, 0.717) is 19.6 Å². The van der Waals surface area contributed by atoms with Crippen LogP contribution in [-0.4, -0.2) is 37.0 Å². The van der Waals surface area contributed by atoms with Gasteiger partial charge < -0.3 is 14.6 Å². The SMILES string of the molecule is CCCCC/C=C\C/C=C\CCCCCCCCCCCCOCC(CO)OC(=O)CCCCCCC/C=C\CCCCCCC. The summed E-state index contributed by atoms with van der Waals surface area (Å²) in [7, 11) is 0. The number of hydrogen-bond acceptors (Lipinski definition) is 4. The molecular formula is C42H78O4. The van der Waals surface area contributed by atoms with Crippen molar-refractivity contribution in [1.82, 2.24) is 0 Å². The summed E-state index contributed by atoms with van der Waals surface area (Å²) < 4.78 is 11.1. The van der Waals surface area contributed by atoms with Crippen LogP contribution >= 0.6 is 0 Å². The number of rotatable bonds is 37. The number of esters is 1.